The van der Waals surface area contributed by atoms with Gasteiger partial charge in [0, 0.05) is 5.39 Å². The minimum atomic E-state index is -0.804. The summed E-state index contributed by atoms with van der Waals surface area (Å²) in [5.41, 5.74) is 0.899. The highest BCUT2D eigenvalue weighted by atomic mass is 79.9. The summed E-state index contributed by atoms with van der Waals surface area (Å²) in [5, 5.41) is 10.1. The van der Waals surface area contributed by atoms with Gasteiger partial charge in [0.25, 0.3) is 0 Å². The molecule has 4 heteroatoms. The molecule has 0 fully saturated rings. The Bertz CT molecular complexity index is 569. The van der Waals surface area contributed by atoms with Gasteiger partial charge in [-0.2, -0.15) is 0 Å². The van der Waals surface area contributed by atoms with Gasteiger partial charge in [0.2, 0.25) is 0 Å². The molecule has 0 radical (unpaired) electrons. The number of fused-ring (bicyclic) bond motifs is 1. The zero-order valence-corrected chi connectivity index (χ0v) is 11.2. The van der Waals surface area contributed by atoms with Crippen molar-refractivity contribution in [2.75, 3.05) is 0 Å². The van der Waals surface area contributed by atoms with Crippen molar-refractivity contribution in [3.05, 3.63) is 34.5 Å². The molecule has 1 N–H and O–H groups in total. The number of carbonyl (C=O) groups is 1. The molecular formula is C13H13BrO3. The van der Waals surface area contributed by atoms with E-state index in [1.807, 2.05) is 18.2 Å². The SMILES string of the molecule is CC(C)(Cc1coc2c(Br)cccc12)C(=O)O. The number of carboxylic acid groups (broad SMARTS) is 1. The van der Waals surface area contributed by atoms with Gasteiger partial charge in [-0.1, -0.05) is 12.1 Å². The van der Waals surface area contributed by atoms with E-state index in [-0.39, 0.29) is 0 Å². The number of aliphatic carboxylic acids is 1. The Kier molecular flexibility index (Phi) is 3.00. The fourth-order valence-electron chi connectivity index (χ4n) is 1.76. The van der Waals surface area contributed by atoms with Crippen molar-refractivity contribution in [1.82, 2.24) is 0 Å². The van der Waals surface area contributed by atoms with Crippen LogP contribution in [0.15, 0.2) is 33.4 Å². The van der Waals surface area contributed by atoms with Crippen molar-refractivity contribution in [3.63, 3.8) is 0 Å². The fraction of sp³-hybridized carbons (Fsp3) is 0.308. The van der Waals surface area contributed by atoms with Crippen LogP contribution in [-0.4, -0.2) is 11.1 Å². The maximum Gasteiger partial charge on any atom is 0.309 e. The van der Waals surface area contributed by atoms with Crippen LogP contribution in [0.3, 0.4) is 0 Å². The lowest BCUT2D eigenvalue weighted by Crippen LogP contribution is -2.26. The van der Waals surface area contributed by atoms with E-state index in [1.165, 1.54) is 0 Å². The van der Waals surface area contributed by atoms with Crippen LogP contribution in [-0.2, 0) is 11.2 Å². The molecule has 0 bridgehead atoms. The van der Waals surface area contributed by atoms with Crippen LogP contribution in [0.25, 0.3) is 11.0 Å². The second-order valence-electron chi connectivity index (χ2n) is 4.74. The lowest BCUT2D eigenvalue weighted by atomic mass is 9.86. The third-order valence-corrected chi connectivity index (χ3v) is 3.47. The van der Waals surface area contributed by atoms with E-state index in [0.29, 0.717) is 6.42 Å². The molecule has 0 aliphatic rings. The molecule has 1 aromatic heterocycles. The van der Waals surface area contributed by atoms with Crippen molar-refractivity contribution < 1.29 is 14.3 Å². The highest BCUT2D eigenvalue weighted by molar-refractivity contribution is 9.10. The van der Waals surface area contributed by atoms with Gasteiger partial charge >= 0.3 is 5.97 Å². The summed E-state index contributed by atoms with van der Waals surface area (Å²) < 4.78 is 6.35. The quantitative estimate of drug-likeness (QED) is 0.936. The number of para-hydroxylation sites is 1. The normalized spacial score (nSPS) is 11.9. The number of halogens is 1. The molecule has 0 amide bonds. The molecule has 0 saturated carbocycles. The lowest BCUT2D eigenvalue weighted by Gasteiger charge is -2.17. The molecule has 0 saturated heterocycles. The highest BCUT2D eigenvalue weighted by Gasteiger charge is 2.28. The van der Waals surface area contributed by atoms with Crippen LogP contribution in [0.2, 0.25) is 0 Å². The van der Waals surface area contributed by atoms with Gasteiger partial charge in [0.15, 0.2) is 0 Å². The minimum absolute atomic E-state index is 0.450. The van der Waals surface area contributed by atoms with Gasteiger partial charge in [0.1, 0.15) is 5.58 Å². The predicted molar refractivity (Wildman–Crippen MR) is 69.0 cm³/mol. The second kappa shape index (κ2) is 4.18. The van der Waals surface area contributed by atoms with Crippen molar-refractivity contribution in [1.29, 1.82) is 0 Å². The molecule has 2 rings (SSSR count). The van der Waals surface area contributed by atoms with E-state index in [4.69, 9.17) is 9.52 Å². The minimum Gasteiger partial charge on any atom is -0.481 e. The number of hydrogen-bond acceptors (Lipinski definition) is 2. The molecule has 0 unspecified atom stereocenters. The Morgan fingerprint density at radius 3 is 2.82 bits per heavy atom. The molecule has 0 aliphatic carbocycles. The van der Waals surface area contributed by atoms with Crippen molar-refractivity contribution >= 4 is 32.9 Å². The molecule has 1 heterocycles. The Morgan fingerprint density at radius 2 is 2.18 bits per heavy atom. The maximum atomic E-state index is 11.1. The molecule has 3 nitrogen and oxygen atoms in total. The van der Waals surface area contributed by atoms with E-state index in [0.717, 1.165) is 21.0 Å². The van der Waals surface area contributed by atoms with Gasteiger partial charge in [0.05, 0.1) is 16.2 Å². The smallest absolute Gasteiger partial charge is 0.309 e. The molecule has 0 aliphatic heterocycles. The van der Waals surface area contributed by atoms with Crippen LogP contribution < -0.4 is 0 Å². The van der Waals surface area contributed by atoms with Gasteiger partial charge in [-0.25, -0.2) is 0 Å². The average Bonchev–Trinajstić information content (AvgIpc) is 2.62. The Labute approximate surface area is 108 Å². The van der Waals surface area contributed by atoms with Crippen LogP contribution >= 0.6 is 15.9 Å². The largest absolute Gasteiger partial charge is 0.481 e. The van der Waals surface area contributed by atoms with Crippen molar-refractivity contribution in [2.45, 2.75) is 20.3 Å². The second-order valence-corrected chi connectivity index (χ2v) is 5.60. The maximum absolute atomic E-state index is 11.1. The first-order valence-corrected chi connectivity index (χ1v) is 6.09. The van der Waals surface area contributed by atoms with Crippen LogP contribution in [0.1, 0.15) is 19.4 Å². The summed E-state index contributed by atoms with van der Waals surface area (Å²) in [4.78, 5) is 11.1. The first-order chi connectivity index (χ1) is 7.92. The topological polar surface area (TPSA) is 50.4 Å². The summed E-state index contributed by atoms with van der Waals surface area (Å²) in [6.45, 7) is 3.43. The molecule has 1 aromatic carbocycles. The Balaban J connectivity index is 2.44. The molecule has 0 atom stereocenters. The van der Waals surface area contributed by atoms with E-state index in [1.54, 1.807) is 20.1 Å². The molecule has 0 spiro atoms. The number of carboxylic acids is 1. The van der Waals surface area contributed by atoms with E-state index in [2.05, 4.69) is 15.9 Å². The zero-order chi connectivity index (χ0) is 12.6. The molecule has 90 valence electrons. The average molecular weight is 297 g/mol. The van der Waals surface area contributed by atoms with E-state index in [9.17, 15) is 4.79 Å². The van der Waals surface area contributed by atoms with E-state index >= 15 is 0 Å². The highest BCUT2D eigenvalue weighted by Crippen LogP contribution is 2.32. The van der Waals surface area contributed by atoms with Gasteiger partial charge in [-0.3, -0.25) is 4.79 Å². The molecule has 2 aromatic rings. The van der Waals surface area contributed by atoms with Gasteiger partial charge in [-0.05, 0) is 47.8 Å². The summed E-state index contributed by atoms with van der Waals surface area (Å²) in [5.74, 6) is -0.804. The zero-order valence-electron chi connectivity index (χ0n) is 9.66. The summed E-state index contributed by atoms with van der Waals surface area (Å²) in [7, 11) is 0. The number of rotatable bonds is 3. The van der Waals surface area contributed by atoms with E-state index < -0.39 is 11.4 Å². The van der Waals surface area contributed by atoms with Crippen LogP contribution in [0.4, 0.5) is 0 Å². The predicted octanol–water partition coefficient (Wildman–Crippen LogP) is 3.85. The molecule has 17 heavy (non-hydrogen) atoms. The summed E-state index contributed by atoms with van der Waals surface area (Å²) in [6.07, 6.45) is 2.09. The monoisotopic (exact) mass is 296 g/mol. The standard InChI is InChI=1S/C13H13BrO3/c1-13(2,12(15)16)6-8-7-17-11-9(8)4-3-5-10(11)14/h3-5,7H,6H2,1-2H3,(H,15,16). The summed E-state index contributed by atoms with van der Waals surface area (Å²) in [6, 6.07) is 5.76. The summed E-state index contributed by atoms with van der Waals surface area (Å²) >= 11 is 3.41. The third-order valence-electron chi connectivity index (χ3n) is 2.84. The van der Waals surface area contributed by atoms with Crippen LogP contribution in [0.5, 0.6) is 0 Å². The van der Waals surface area contributed by atoms with Crippen molar-refractivity contribution in [2.24, 2.45) is 5.41 Å². The van der Waals surface area contributed by atoms with Crippen molar-refractivity contribution in [3.8, 4) is 0 Å². The van der Waals surface area contributed by atoms with Gasteiger partial charge < -0.3 is 9.52 Å². The lowest BCUT2D eigenvalue weighted by molar-refractivity contribution is -0.146. The van der Waals surface area contributed by atoms with Crippen LogP contribution in [0, 0.1) is 5.41 Å². The Morgan fingerprint density at radius 1 is 1.47 bits per heavy atom. The molecular weight excluding hydrogens is 284 g/mol. The third kappa shape index (κ3) is 2.22. The number of benzene rings is 1. The first-order valence-electron chi connectivity index (χ1n) is 5.30. The van der Waals surface area contributed by atoms with Gasteiger partial charge in [-0.15, -0.1) is 0 Å². The first kappa shape index (κ1) is 12.2. The fourth-order valence-corrected chi connectivity index (χ4v) is 2.22. The number of hydrogen-bond donors (Lipinski definition) is 1. The number of furan rings is 1. The Hall–Kier alpha value is -1.29.